The van der Waals surface area contributed by atoms with Crippen LogP contribution in [0.1, 0.15) is 38.4 Å². The average Bonchev–Trinajstić information content (AvgIpc) is 2.87. The zero-order valence-corrected chi connectivity index (χ0v) is 21.7. The van der Waals surface area contributed by atoms with Gasteiger partial charge in [0, 0.05) is 37.3 Å². The van der Waals surface area contributed by atoms with Crippen molar-refractivity contribution in [2.24, 2.45) is 0 Å². The van der Waals surface area contributed by atoms with Crippen LogP contribution in [0, 0.1) is 10.8 Å². The first kappa shape index (κ1) is 30.0. The first-order valence-electron chi connectivity index (χ1n) is 12.1. The van der Waals surface area contributed by atoms with E-state index >= 15 is 0 Å². The smallest absolute Gasteiger partial charge is 0.305 e. The summed E-state index contributed by atoms with van der Waals surface area (Å²) >= 11 is 0. The number of pyridine rings is 1. The summed E-state index contributed by atoms with van der Waals surface area (Å²) in [6.45, 7) is 3.46. The molecule has 13 nitrogen and oxygen atoms in total. The normalized spacial score (nSPS) is 12.4. The molecule has 0 saturated heterocycles. The maximum absolute atomic E-state index is 13.1. The summed E-state index contributed by atoms with van der Waals surface area (Å²) in [6.07, 6.45) is 4.50. The van der Waals surface area contributed by atoms with Gasteiger partial charge in [0.2, 0.25) is 5.91 Å². The van der Waals surface area contributed by atoms with E-state index in [9.17, 15) is 24.3 Å². The number of carbonyl (C=O) groups is 3. The van der Waals surface area contributed by atoms with Crippen LogP contribution in [-0.4, -0.2) is 86.3 Å². The molecule has 0 aliphatic heterocycles. The fraction of sp³-hybridized carbons (Fsp3) is 0.440. The Morgan fingerprint density at radius 2 is 1.92 bits per heavy atom. The van der Waals surface area contributed by atoms with Crippen molar-refractivity contribution in [3.63, 3.8) is 0 Å². The number of ketones is 1. The van der Waals surface area contributed by atoms with Crippen LogP contribution < -0.4 is 16.2 Å². The topological polar surface area (TPSA) is 194 Å². The molecule has 0 radical (unpaired) electrons. The SMILES string of the molecule is CCC(C(=O)NC(CC(=O)O)C(=O)CN(C)CCc1ccccn1)n1ccnc(NCC(=N)C(C)=N)c1=O. The van der Waals surface area contributed by atoms with E-state index in [0.717, 1.165) is 10.3 Å². The number of hydrogen-bond donors (Lipinski definition) is 5. The Hall–Kier alpha value is -4.26. The summed E-state index contributed by atoms with van der Waals surface area (Å²) < 4.78 is 1.15. The number of Topliss-reactive ketones (excluding diaryl/α,β-unsaturated/α-hetero) is 1. The highest BCUT2D eigenvalue weighted by atomic mass is 16.4. The summed E-state index contributed by atoms with van der Waals surface area (Å²) in [5, 5.41) is 29.8. The van der Waals surface area contributed by atoms with Crippen molar-refractivity contribution in [1.82, 2.24) is 24.8 Å². The molecular formula is C25H34N8O5. The van der Waals surface area contributed by atoms with E-state index in [4.69, 9.17) is 10.8 Å². The molecule has 2 aromatic heterocycles. The van der Waals surface area contributed by atoms with E-state index in [0.29, 0.717) is 13.0 Å². The number of hydrogen-bond acceptors (Lipinski definition) is 10. The number of aromatic nitrogens is 3. The monoisotopic (exact) mass is 526 g/mol. The number of nitrogens with zero attached hydrogens (tertiary/aromatic N) is 4. The van der Waals surface area contributed by atoms with E-state index in [2.05, 4.69) is 20.6 Å². The number of anilines is 1. The van der Waals surface area contributed by atoms with Crippen LogP contribution in [0.5, 0.6) is 0 Å². The first-order chi connectivity index (χ1) is 18.0. The van der Waals surface area contributed by atoms with Gasteiger partial charge in [-0.3, -0.25) is 33.6 Å². The number of carboxylic acids is 1. The summed E-state index contributed by atoms with van der Waals surface area (Å²) in [5.41, 5.74) is 0.247. The standard InChI is InChI=1S/C25H34N8O5/c1-4-20(33-12-10-29-23(25(33)38)30-14-18(27)16(2)26)24(37)31-19(13-22(35)36)21(34)15-32(3)11-8-17-7-5-6-9-28-17/h5-7,9-10,12,19-20,26-27H,4,8,11,13-15H2,1-3H3,(H,29,30)(H,31,37)(H,35,36). The third-order valence-electron chi connectivity index (χ3n) is 5.76. The van der Waals surface area contributed by atoms with Gasteiger partial charge < -0.3 is 26.6 Å². The van der Waals surface area contributed by atoms with Gasteiger partial charge >= 0.3 is 5.97 Å². The van der Waals surface area contributed by atoms with Crippen molar-refractivity contribution in [1.29, 1.82) is 10.8 Å². The van der Waals surface area contributed by atoms with Gasteiger partial charge in [-0.25, -0.2) is 4.98 Å². The molecule has 38 heavy (non-hydrogen) atoms. The van der Waals surface area contributed by atoms with Gasteiger partial charge in [-0.15, -0.1) is 0 Å². The molecule has 2 rings (SSSR count). The van der Waals surface area contributed by atoms with Crippen molar-refractivity contribution >= 4 is 34.9 Å². The maximum Gasteiger partial charge on any atom is 0.305 e. The van der Waals surface area contributed by atoms with Gasteiger partial charge in [0.15, 0.2) is 11.6 Å². The van der Waals surface area contributed by atoms with Crippen LogP contribution >= 0.6 is 0 Å². The van der Waals surface area contributed by atoms with Gasteiger partial charge in [-0.1, -0.05) is 13.0 Å². The number of nitrogens with one attached hydrogen (secondary N) is 4. The third-order valence-corrected chi connectivity index (χ3v) is 5.76. The minimum absolute atomic E-state index is 0.0218. The van der Waals surface area contributed by atoms with Crippen LogP contribution in [0.15, 0.2) is 41.6 Å². The summed E-state index contributed by atoms with van der Waals surface area (Å²) in [4.78, 5) is 60.4. The molecule has 0 aliphatic rings. The highest BCUT2D eigenvalue weighted by Crippen LogP contribution is 2.11. The van der Waals surface area contributed by atoms with Crippen molar-refractivity contribution in [3.05, 3.63) is 52.8 Å². The fourth-order valence-electron chi connectivity index (χ4n) is 3.60. The highest BCUT2D eigenvalue weighted by Gasteiger charge is 2.29. The number of rotatable bonds is 16. The number of amides is 1. The summed E-state index contributed by atoms with van der Waals surface area (Å²) in [7, 11) is 1.72. The van der Waals surface area contributed by atoms with Gasteiger partial charge in [0.25, 0.3) is 5.56 Å². The van der Waals surface area contributed by atoms with Crippen molar-refractivity contribution in [2.75, 3.05) is 32.0 Å². The molecule has 2 unspecified atom stereocenters. The molecule has 2 aromatic rings. The third kappa shape index (κ3) is 9.00. The molecule has 0 bridgehead atoms. The van der Waals surface area contributed by atoms with E-state index < -0.39 is 41.7 Å². The lowest BCUT2D eigenvalue weighted by Crippen LogP contribution is -2.49. The van der Waals surface area contributed by atoms with Gasteiger partial charge in [0.1, 0.15) is 6.04 Å². The molecule has 13 heteroatoms. The Bertz CT molecular complexity index is 1210. The minimum Gasteiger partial charge on any atom is -0.481 e. The second-order valence-electron chi connectivity index (χ2n) is 8.80. The highest BCUT2D eigenvalue weighted by molar-refractivity contribution is 6.40. The van der Waals surface area contributed by atoms with Gasteiger partial charge in [-0.05, 0) is 32.5 Å². The van der Waals surface area contributed by atoms with Gasteiger partial charge in [0.05, 0.1) is 37.0 Å². The molecular weight excluding hydrogens is 492 g/mol. The second kappa shape index (κ2) is 14.5. The van der Waals surface area contributed by atoms with Crippen molar-refractivity contribution < 1.29 is 19.5 Å². The lowest BCUT2D eigenvalue weighted by atomic mass is 10.1. The van der Waals surface area contributed by atoms with Crippen molar-refractivity contribution in [3.8, 4) is 0 Å². The molecule has 0 saturated carbocycles. The summed E-state index contributed by atoms with van der Waals surface area (Å²) in [6, 6.07) is 3.24. The number of carboxylic acid groups (broad SMARTS) is 1. The molecule has 0 aliphatic carbocycles. The van der Waals surface area contributed by atoms with Crippen LogP contribution in [0.2, 0.25) is 0 Å². The molecule has 5 N–H and O–H groups in total. The van der Waals surface area contributed by atoms with E-state index in [-0.39, 0.29) is 36.8 Å². The number of carbonyl (C=O) groups excluding carboxylic acids is 2. The predicted molar refractivity (Wildman–Crippen MR) is 142 cm³/mol. The number of aliphatic carboxylic acids is 1. The molecule has 204 valence electrons. The molecule has 0 aromatic carbocycles. The zero-order valence-electron chi connectivity index (χ0n) is 21.7. The Balaban J connectivity index is 2.11. The van der Waals surface area contributed by atoms with E-state index in [1.54, 1.807) is 25.1 Å². The Morgan fingerprint density at radius 1 is 1.18 bits per heavy atom. The largest absolute Gasteiger partial charge is 0.481 e. The van der Waals surface area contributed by atoms with Crippen LogP contribution in [0.25, 0.3) is 0 Å². The Kier molecular flexibility index (Phi) is 11.4. The lowest BCUT2D eigenvalue weighted by molar-refractivity contribution is -0.140. The van der Waals surface area contributed by atoms with Crippen molar-refractivity contribution in [2.45, 2.75) is 45.2 Å². The fourth-order valence-corrected chi connectivity index (χ4v) is 3.60. The molecule has 1 amide bonds. The second-order valence-corrected chi connectivity index (χ2v) is 8.80. The predicted octanol–water partition coefficient (Wildman–Crippen LogP) is 0.764. The van der Waals surface area contributed by atoms with Gasteiger partial charge in [-0.2, -0.15) is 0 Å². The van der Waals surface area contributed by atoms with Crippen LogP contribution in [-0.2, 0) is 20.8 Å². The molecule has 2 atom stereocenters. The number of likely N-dealkylation sites (N-methyl/N-ethyl adjacent to an activating group) is 1. The quantitative estimate of drug-likeness (QED) is 0.196. The lowest BCUT2D eigenvalue weighted by Gasteiger charge is -2.24. The zero-order chi connectivity index (χ0) is 28.2. The average molecular weight is 527 g/mol. The Morgan fingerprint density at radius 3 is 2.53 bits per heavy atom. The Labute approximate surface area is 220 Å². The minimum atomic E-state index is -1.28. The molecule has 0 spiro atoms. The van der Waals surface area contributed by atoms with Crippen LogP contribution in [0.3, 0.4) is 0 Å². The van der Waals surface area contributed by atoms with E-state index in [1.807, 2.05) is 18.2 Å². The molecule has 0 fully saturated rings. The van der Waals surface area contributed by atoms with Crippen LogP contribution in [0.4, 0.5) is 5.82 Å². The first-order valence-corrected chi connectivity index (χ1v) is 12.1. The maximum atomic E-state index is 13.1. The molecule has 2 heterocycles. The van der Waals surface area contributed by atoms with E-state index in [1.165, 1.54) is 19.3 Å². The summed E-state index contributed by atoms with van der Waals surface area (Å²) in [5.74, 6) is -2.49.